The average molecular weight is 296 g/mol. The van der Waals surface area contributed by atoms with Gasteiger partial charge in [0.15, 0.2) is 0 Å². The molecule has 0 atom stereocenters. The van der Waals surface area contributed by atoms with Gasteiger partial charge < -0.3 is 5.32 Å². The van der Waals surface area contributed by atoms with Crippen molar-refractivity contribution in [2.24, 2.45) is 0 Å². The molecule has 1 aromatic carbocycles. The van der Waals surface area contributed by atoms with Gasteiger partial charge in [-0.3, -0.25) is 4.79 Å². The summed E-state index contributed by atoms with van der Waals surface area (Å²) in [5, 5.41) is 11.8. The van der Waals surface area contributed by atoms with Gasteiger partial charge in [0.05, 0.1) is 0 Å². The Morgan fingerprint density at radius 1 is 1.24 bits per heavy atom. The van der Waals surface area contributed by atoms with Gasteiger partial charge in [-0.2, -0.15) is 5.26 Å². The summed E-state index contributed by atoms with van der Waals surface area (Å²) in [5.41, 5.74) is 1.26. The molecular formula is C17H16N2OS. The predicted molar refractivity (Wildman–Crippen MR) is 86.6 cm³/mol. The van der Waals surface area contributed by atoms with E-state index in [-0.39, 0.29) is 17.5 Å². The van der Waals surface area contributed by atoms with Crippen LogP contribution in [0.5, 0.6) is 0 Å². The molecule has 0 saturated carbocycles. The van der Waals surface area contributed by atoms with E-state index in [1.54, 1.807) is 17.4 Å². The largest absolute Gasteiger partial charge is 0.349 e. The number of nitriles is 1. The molecular weight excluding hydrogens is 280 g/mol. The predicted octanol–water partition coefficient (Wildman–Crippen LogP) is 3.85. The molecule has 0 unspecified atom stereocenters. The Labute approximate surface area is 128 Å². The number of thiophene rings is 1. The summed E-state index contributed by atoms with van der Waals surface area (Å²) < 4.78 is 0. The maximum atomic E-state index is 11.9. The van der Waals surface area contributed by atoms with Crippen molar-refractivity contribution in [2.75, 3.05) is 0 Å². The third-order valence-corrected chi connectivity index (χ3v) is 3.84. The summed E-state index contributed by atoms with van der Waals surface area (Å²) in [7, 11) is 0. The molecule has 21 heavy (non-hydrogen) atoms. The Kier molecular flexibility index (Phi) is 4.91. The van der Waals surface area contributed by atoms with Crippen molar-refractivity contribution in [1.82, 2.24) is 5.32 Å². The standard InChI is InChI=1S/C17H16N2OS/c1-12(2)19-17(20)14(11-18)10-15-8-9-16(21-15)13-6-4-3-5-7-13/h3-10,12H,1-2H3,(H,19,20)/b14-10+. The lowest BCUT2D eigenvalue weighted by Gasteiger charge is -2.06. The first-order chi connectivity index (χ1) is 10.1. The Balaban J connectivity index is 2.23. The molecule has 4 heteroatoms. The second kappa shape index (κ2) is 6.87. The van der Waals surface area contributed by atoms with Gasteiger partial charge in [0.2, 0.25) is 0 Å². The molecule has 0 radical (unpaired) electrons. The van der Waals surface area contributed by atoms with Gasteiger partial charge in [0.1, 0.15) is 11.6 Å². The van der Waals surface area contributed by atoms with Crippen LogP contribution in [0.1, 0.15) is 18.7 Å². The van der Waals surface area contributed by atoms with Gasteiger partial charge in [0, 0.05) is 15.8 Å². The zero-order valence-electron chi connectivity index (χ0n) is 12.0. The highest BCUT2D eigenvalue weighted by atomic mass is 32.1. The SMILES string of the molecule is CC(C)NC(=O)/C(C#N)=C/c1ccc(-c2ccccc2)s1. The minimum atomic E-state index is -0.331. The maximum absolute atomic E-state index is 11.9. The molecule has 0 aliphatic heterocycles. The summed E-state index contributed by atoms with van der Waals surface area (Å²) >= 11 is 1.56. The molecule has 3 nitrogen and oxygen atoms in total. The number of hydrogen-bond donors (Lipinski definition) is 1. The molecule has 106 valence electrons. The minimum absolute atomic E-state index is 0.0115. The molecule has 2 aromatic rings. The normalized spacial score (nSPS) is 11.2. The van der Waals surface area contributed by atoms with Crippen LogP contribution in [0.2, 0.25) is 0 Å². The van der Waals surface area contributed by atoms with Crippen molar-refractivity contribution >= 4 is 23.3 Å². The Bertz CT molecular complexity index is 693. The third kappa shape index (κ3) is 4.04. The van der Waals surface area contributed by atoms with Gasteiger partial charge in [-0.25, -0.2) is 0 Å². The van der Waals surface area contributed by atoms with Crippen LogP contribution in [0.3, 0.4) is 0 Å². The van der Waals surface area contributed by atoms with Crippen LogP contribution in [0.15, 0.2) is 48.0 Å². The van der Waals surface area contributed by atoms with E-state index >= 15 is 0 Å². The van der Waals surface area contributed by atoms with Crippen LogP contribution in [0, 0.1) is 11.3 Å². The van der Waals surface area contributed by atoms with Crippen LogP contribution in [-0.4, -0.2) is 11.9 Å². The van der Waals surface area contributed by atoms with Crippen molar-refractivity contribution < 1.29 is 4.79 Å². The molecule has 0 aliphatic rings. The fourth-order valence-electron chi connectivity index (χ4n) is 1.82. The lowest BCUT2D eigenvalue weighted by Crippen LogP contribution is -2.30. The van der Waals surface area contributed by atoms with Crippen molar-refractivity contribution in [3.8, 4) is 16.5 Å². The number of rotatable bonds is 4. The Morgan fingerprint density at radius 2 is 1.95 bits per heavy atom. The second-order valence-electron chi connectivity index (χ2n) is 4.87. The van der Waals surface area contributed by atoms with E-state index in [0.717, 1.165) is 15.3 Å². The van der Waals surface area contributed by atoms with E-state index in [0.29, 0.717) is 0 Å². The van der Waals surface area contributed by atoms with Crippen molar-refractivity contribution in [2.45, 2.75) is 19.9 Å². The van der Waals surface area contributed by atoms with Crippen molar-refractivity contribution in [1.29, 1.82) is 5.26 Å². The molecule has 0 spiro atoms. The summed E-state index contributed by atoms with van der Waals surface area (Å²) in [6.07, 6.45) is 1.63. The van der Waals surface area contributed by atoms with Gasteiger partial charge in [-0.15, -0.1) is 11.3 Å². The fraction of sp³-hybridized carbons (Fsp3) is 0.176. The lowest BCUT2D eigenvalue weighted by atomic mass is 10.2. The van der Waals surface area contributed by atoms with E-state index < -0.39 is 0 Å². The molecule has 1 heterocycles. The number of nitrogens with one attached hydrogen (secondary N) is 1. The van der Waals surface area contributed by atoms with Gasteiger partial charge >= 0.3 is 0 Å². The highest BCUT2D eigenvalue weighted by Gasteiger charge is 2.10. The zero-order valence-corrected chi connectivity index (χ0v) is 12.8. The Morgan fingerprint density at radius 3 is 2.57 bits per heavy atom. The number of amides is 1. The van der Waals surface area contributed by atoms with Crippen LogP contribution in [0.4, 0.5) is 0 Å². The van der Waals surface area contributed by atoms with E-state index in [4.69, 9.17) is 5.26 Å². The molecule has 0 fully saturated rings. The number of carbonyl (C=O) groups excluding carboxylic acids is 1. The first-order valence-corrected chi connectivity index (χ1v) is 7.49. The number of nitrogens with zero attached hydrogens (tertiary/aromatic N) is 1. The summed E-state index contributed by atoms with van der Waals surface area (Å²) in [6, 6.07) is 15.9. The highest BCUT2D eigenvalue weighted by Crippen LogP contribution is 2.29. The number of hydrogen-bond acceptors (Lipinski definition) is 3. The zero-order chi connectivity index (χ0) is 15.2. The van der Waals surface area contributed by atoms with E-state index in [9.17, 15) is 4.79 Å². The molecule has 1 aromatic heterocycles. The first-order valence-electron chi connectivity index (χ1n) is 6.68. The minimum Gasteiger partial charge on any atom is -0.349 e. The third-order valence-electron chi connectivity index (χ3n) is 2.76. The molecule has 0 saturated heterocycles. The van der Waals surface area contributed by atoms with E-state index in [1.807, 2.05) is 62.4 Å². The molecule has 1 N–H and O–H groups in total. The fourth-order valence-corrected chi connectivity index (χ4v) is 2.78. The van der Waals surface area contributed by atoms with Crippen LogP contribution < -0.4 is 5.32 Å². The van der Waals surface area contributed by atoms with Gasteiger partial charge in [-0.1, -0.05) is 30.3 Å². The second-order valence-corrected chi connectivity index (χ2v) is 5.98. The highest BCUT2D eigenvalue weighted by molar-refractivity contribution is 7.16. The van der Waals surface area contributed by atoms with Gasteiger partial charge in [-0.05, 0) is 37.6 Å². The summed E-state index contributed by atoms with van der Waals surface area (Å²) in [6.45, 7) is 3.73. The lowest BCUT2D eigenvalue weighted by molar-refractivity contribution is -0.117. The molecule has 2 rings (SSSR count). The number of carbonyl (C=O) groups is 1. The van der Waals surface area contributed by atoms with Crippen LogP contribution >= 0.6 is 11.3 Å². The van der Waals surface area contributed by atoms with Gasteiger partial charge in [0.25, 0.3) is 5.91 Å². The summed E-state index contributed by atoms with van der Waals surface area (Å²) in [5.74, 6) is -0.331. The monoisotopic (exact) mass is 296 g/mol. The van der Waals surface area contributed by atoms with Crippen molar-refractivity contribution in [3.63, 3.8) is 0 Å². The molecule has 1 amide bonds. The average Bonchev–Trinajstić information content (AvgIpc) is 2.93. The van der Waals surface area contributed by atoms with Crippen molar-refractivity contribution in [3.05, 3.63) is 52.9 Å². The maximum Gasteiger partial charge on any atom is 0.262 e. The quantitative estimate of drug-likeness (QED) is 0.688. The summed E-state index contributed by atoms with van der Waals surface area (Å²) in [4.78, 5) is 13.9. The molecule has 0 aliphatic carbocycles. The number of benzene rings is 1. The molecule has 0 bridgehead atoms. The van der Waals surface area contributed by atoms with Crippen LogP contribution in [-0.2, 0) is 4.79 Å². The van der Waals surface area contributed by atoms with E-state index in [2.05, 4.69) is 5.32 Å². The topological polar surface area (TPSA) is 52.9 Å². The van der Waals surface area contributed by atoms with E-state index in [1.165, 1.54) is 0 Å². The first kappa shape index (κ1) is 15.0. The smallest absolute Gasteiger partial charge is 0.262 e. The Hall–Kier alpha value is -2.38. The van der Waals surface area contributed by atoms with Crippen LogP contribution in [0.25, 0.3) is 16.5 Å².